The van der Waals surface area contributed by atoms with Gasteiger partial charge in [0.25, 0.3) is 0 Å². The van der Waals surface area contributed by atoms with E-state index in [1.165, 1.54) is 19.5 Å². The minimum absolute atomic E-state index is 0.426. The van der Waals surface area contributed by atoms with Gasteiger partial charge in [0, 0.05) is 74.9 Å². The molecular weight excluding hydrogens is 482 g/mol. The number of urea groups is 1. The van der Waals surface area contributed by atoms with Gasteiger partial charge in [-0.15, -0.1) is 0 Å². The second-order valence-electron chi connectivity index (χ2n) is 10.2. The second-order valence-corrected chi connectivity index (χ2v) is 10.2. The van der Waals surface area contributed by atoms with E-state index in [9.17, 15) is 19.8 Å². The number of rotatable bonds is 6. The molecule has 1 atom stereocenters. The van der Waals surface area contributed by atoms with E-state index in [0.717, 1.165) is 43.0 Å². The predicted octanol–water partition coefficient (Wildman–Crippen LogP) is 1.03. The summed E-state index contributed by atoms with van der Waals surface area (Å²) in [6, 6.07) is 14.9. The van der Waals surface area contributed by atoms with Crippen molar-refractivity contribution in [1.29, 1.82) is 0 Å². The second kappa shape index (κ2) is 12.3. The summed E-state index contributed by atoms with van der Waals surface area (Å²) < 4.78 is 0. The number of Topliss-reactive ketones (excluding diaryl/α,β-unsaturated/α-hetero) is 1. The molecule has 2 saturated heterocycles. The highest BCUT2D eigenvalue weighted by Crippen LogP contribution is 2.19. The van der Waals surface area contributed by atoms with Crippen LogP contribution in [0.25, 0.3) is 0 Å². The van der Waals surface area contributed by atoms with Crippen LogP contribution in [0.2, 0.25) is 0 Å². The van der Waals surface area contributed by atoms with E-state index in [1.54, 1.807) is 4.90 Å². The molecule has 202 valence electrons. The minimum Gasteiger partial charge on any atom is -0.388 e. The van der Waals surface area contributed by atoms with E-state index in [1.807, 2.05) is 24.3 Å². The Bertz CT molecular complexity index is 1150. The summed E-state index contributed by atoms with van der Waals surface area (Å²) in [6.07, 6.45) is 0. The summed E-state index contributed by atoms with van der Waals surface area (Å²) in [7, 11) is 0. The van der Waals surface area contributed by atoms with Crippen LogP contribution in [-0.4, -0.2) is 97.5 Å². The van der Waals surface area contributed by atoms with Crippen molar-refractivity contribution in [3.05, 3.63) is 59.7 Å². The zero-order chi connectivity index (χ0) is 27.1. The number of nitrogens with one attached hydrogen (secondary N) is 2. The van der Waals surface area contributed by atoms with Gasteiger partial charge in [-0.25, -0.2) is 4.79 Å². The molecule has 0 aliphatic carbocycles. The topological polar surface area (TPSA) is 108 Å². The molecule has 4 rings (SSSR count). The first-order valence-corrected chi connectivity index (χ1v) is 13.1. The third-order valence-electron chi connectivity index (χ3n) is 6.95. The van der Waals surface area contributed by atoms with Crippen LogP contribution in [0.15, 0.2) is 48.5 Å². The van der Waals surface area contributed by atoms with Crippen LogP contribution in [0.1, 0.15) is 25.0 Å². The van der Waals surface area contributed by atoms with Crippen molar-refractivity contribution in [3.8, 4) is 11.8 Å². The van der Waals surface area contributed by atoms with E-state index in [2.05, 4.69) is 56.5 Å². The summed E-state index contributed by atoms with van der Waals surface area (Å²) in [5, 5.41) is 25.3. The van der Waals surface area contributed by atoms with Gasteiger partial charge >= 0.3 is 6.03 Å². The minimum atomic E-state index is -1.48. The molecule has 2 heterocycles. The molecule has 0 saturated carbocycles. The van der Waals surface area contributed by atoms with Crippen molar-refractivity contribution >= 4 is 23.2 Å². The normalized spacial score (nSPS) is 16.9. The Morgan fingerprint density at radius 1 is 0.868 bits per heavy atom. The number of aliphatic hydroxyl groups is 2. The molecular formula is C29H37N5O4. The first-order valence-electron chi connectivity index (χ1n) is 13.1. The van der Waals surface area contributed by atoms with Crippen molar-refractivity contribution in [2.45, 2.75) is 25.5 Å². The number of amides is 2. The Morgan fingerprint density at radius 2 is 1.34 bits per heavy atom. The van der Waals surface area contributed by atoms with Crippen LogP contribution in [0.4, 0.5) is 16.2 Å². The third-order valence-corrected chi connectivity index (χ3v) is 6.95. The van der Waals surface area contributed by atoms with Crippen LogP contribution in [-0.2, 0) is 4.79 Å². The summed E-state index contributed by atoms with van der Waals surface area (Å²) in [5.74, 6) is 5.86. The number of carbonyl (C=O) groups excluding carboxylic acids is 2. The van der Waals surface area contributed by atoms with Crippen molar-refractivity contribution in [1.82, 2.24) is 15.5 Å². The van der Waals surface area contributed by atoms with Gasteiger partial charge in [-0.05, 0) is 62.4 Å². The molecule has 0 aromatic heterocycles. The molecule has 2 aromatic rings. The lowest BCUT2D eigenvalue weighted by Crippen LogP contribution is -2.60. The van der Waals surface area contributed by atoms with Crippen molar-refractivity contribution < 1.29 is 19.8 Å². The average molecular weight is 520 g/mol. The highest BCUT2D eigenvalue weighted by Gasteiger charge is 2.35. The molecule has 9 nitrogen and oxygen atoms in total. The number of anilines is 2. The van der Waals surface area contributed by atoms with Gasteiger partial charge < -0.3 is 35.5 Å². The molecule has 2 aliphatic heterocycles. The maximum absolute atomic E-state index is 12.7. The maximum Gasteiger partial charge on any atom is 0.318 e. The molecule has 2 aliphatic rings. The first kappa shape index (κ1) is 27.5. The van der Waals surface area contributed by atoms with E-state index >= 15 is 0 Å². The smallest absolute Gasteiger partial charge is 0.318 e. The zero-order valence-corrected chi connectivity index (χ0v) is 22.1. The number of ketones is 1. The van der Waals surface area contributed by atoms with Crippen LogP contribution in [0.5, 0.6) is 0 Å². The standard InChI is InChI=1S/C29H37N5O4/c1-29(2,38)27(26(36)21-35)31-28(37)34-19-17-33(18-20-34)25-11-7-23(8-12-25)4-3-22-5-9-24(10-6-22)32-15-13-30-14-16-32/h5-12,27,30,35,38H,13-21H2,1-2H3,(H,31,37)/t27-/m0/s1. The lowest BCUT2D eigenvalue weighted by Gasteiger charge is -2.37. The Balaban J connectivity index is 1.29. The summed E-state index contributed by atoms with van der Waals surface area (Å²) in [6.45, 7) is 8.42. The van der Waals surface area contributed by atoms with Crippen LogP contribution in [0.3, 0.4) is 0 Å². The molecule has 0 bridgehead atoms. The fourth-order valence-corrected chi connectivity index (χ4v) is 4.70. The molecule has 0 radical (unpaired) electrons. The Morgan fingerprint density at radius 3 is 1.79 bits per heavy atom. The van der Waals surface area contributed by atoms with Crippen molar-refractivity contribution in [3.63, 3.8) is 0 Å². The van der Waals surface area contributed by atoms with Crippen molar-refractivity contribution in [2.75, 3.05) is 68.8 Å². The number of piperazine rings is 2. The molecule has 0 spiro atoms. The van der Waals surface area contributed by atoms with Gasteiger partial charge in [0.1, 0.15) is 12.6 Å². The van der Waals surface area contributed by atoms with E-state index in [-0.39, 0.29) is 0 Å². The summed E-state index contributed by atoms with van der Waals surface area (Å²) in [5.41, 5.74) is 2.73. The number of hydrogen-bond donors (Lipinski definition) is 4. The monoisotopic (exact) mass is 519 g/mol. The van der Waals surface area contributed by atoms with Crippen LogP contribution < -0.4 is 20.4 Å². The predicted molar refractivity (Wildman–Crippen MR) is 148 cm³/mol. The molecule has 2 aromatic carbocycles. The fraction of sp³-hybridized carbons (Fsp3) is 0.448. The van der Waals surface area contributed by atoms with E-state index in [0.29, 0.717) is 26.2 Å². The van der Waals surface area contributed by atoms with Gasteiger partial charge in [-0.3, -0.25) is 4.79 Å². The molecule has 4 N–H and O–H groups in total. The quantitative estimate of drug-likeness (QED) is 0.422. The molecule has 38 heavy (non-hydrogen) atoms. The highest BCUT2D eigenvalue weighted by molar-refractivity contribution is 5.90. The Hall–Kier alpha value is -3.58. The number of hydrogen-bond acceptors (Lipinski definition) is 7. The first-order chi connectivity index (χ1) is 18.2. The van der Waals surface area contributed by atoms with E-state index in [4.69, 9.17) is 0 Å². The van der Waals surface area contributed by atoms with Crippen molar-refractivity contribution in [2.24, 2.45) is 0 Å². The van der Waals surface area contributed by atoms with Gasteiger partial charge in [0.05, 0.1) is 5.60 Å². The number of nitrogens with zero attached hydrogens (tertiary/aromatic N) is 3. The SMILES string of the molecule is CC(C)(O)[C@@H](NC(=O)N1CCN(c2ccc(C#Cc3ccc(N4CCNCC4)cc3)cc2)CC1)C(=O)CO. The Labute approximate surface area is 224 Å². The van der Waals surface area contributed by atoms with Gasteiger partial charge in [0.15, 0.2) is 5.78 Å². The van der Waals surface area contributed by atoms with Gasteiger partial charge in [0.2, 0.25) is 0 Å². The number of carbonyl (C=O) groups is 2. The maximum atomic E-state index is 12.7. The third kappa shape index (κ3) is 7.04. The molecule has 2 fully saturated rings. The van der Waals surface area contributed by atoms with Gasteiger partial charge in [-0.1, -0.05) is 11.8 Å². The fourth-order valence-electron chi connectivity index (χ4n) is 4.70. The van der Waals surface area contributed by atoms with Crippen LogP contribution >= 0.6 is 0 Å². The Kier molecular flexibility index (Phi) is 8.89. The number of benzene rings is 2. The lowest BCUT2D eigenvalue weighted by atomic mass is 9.95. The lowest BCUT2D eigenvalue weighted by molar-refractivity contribution is -0.129. The van der Waals surface area contributed by atoms with Crippen LogP contribution in [0, 0.1) is 11.8 Å². The van der Waals surface area contributed by atoms with Gasteiger partial charge in [-0.2, -0.15) is 0 Å². The molecule has 9 heteroatoms. The van der Waals surface area contributed by atoms with E-state index < -0.39 is 30.1 Å². The molecule has 0 unspecified atom stereocenters. The highest BCUT2D eigenvalue weighted by atomic mass is 16.3. The number of aliphatic hydroxyl groups excluding tert-OH is 1. The summed E-state index contributed by atoms with van der Waals surface area (Å²) in [4.78, 5) is 30.9. The summed E-state index contributed by atoms with van der Waals surface area (Å²) >= 11 is 0. The molecule has 2 amide bonds. The average Bonchev–Trinajstić information content (AvgIpc) is 2.95. The largest absolute Gasteiger partial charge is 0.388 e. The zero-order valence-electron chi connectivity index (χ0n) is 22.1.